The molecule has 0 aromatic heterocycles. The zero-order valence-electron chi connectivity index (χ0n) is 21.2. The summed E-state index contributed by atoms with van der Waals surface area (Å²) in [6.45, 7) is 8.20. The zero-order chi connectivity index (χ0) is 22.6. The van der Waals surface area contributed by atoms with E-state index < -0.39 is 0 Å². The Morgan fingerprint density at radius 2 is 0.944 bits per heavy atom. The van der Waals surface area contributed by atoms with Crippen molar-refractivity contribution in [2.75, 3.05) is 0 Å². The van der Waals surface area contributed by atoms with Crippen LogP contribution in [0.1, 0.15) is 11.1 Å². The summed E-state index contributed by atoms with van der Waals surface area (Å²) < 4.78 is 0. The minimum atomic E-state index is 0. The van der Waals surface area contributed by atoms with Gasteiger partial charge >= 0.3 is 21.7 Å². The molecule has 5 aromatic rings. The Balaban J connectivity index is 0. The van der Waals surface area contributed by atoms with E-state index >= 15 is 0 Å². The van der Waals surface area contributed by atoms with Gasteiger partial charge in [0.1, 0.15) is 0 Å². The summed E-state index contributed by atoms with van der Waals surface area (Å²) in [7, 11) is 2.63. The van der Waals surface area contributed by atoms with Gasteiger partial charge in [-0.1, -0.05) is 110 Å². The van der Waals surface area contributed by atoms with Gasteiger partial charge in [-0.3, -0.25) is 0 Å². The molecule has 0 saturated carbocycles. The Labute approximate surface area is 240 Å². The predicted octanol–water partition coefficient (Wildman–Crippen LogP) is 8.68. The number of fused-ring (bicyclic) bond motifs is 1. The average molecular weight is 538 g/mol. The standard InChI is InChI=1S/C16H14.C9H7.C6H7P.2CH3.Si.Ti/c1-13(15-9-5-3-6-10-15)14(2)16-11-7-4-8-12-16;1-2-5-9-7-3-6-8(9)4-1;7-6-4-2-1-3-5-6;;;;/h3-12H,1-2H2;1-7H;1-5H,7H2;2*1H3;;/q;-1;;2*-1;;+3. The molecule has 0 heterocycles. The van der Waals surface area contributed by atoms with Crippen LogP contribution in [-0.4, -0.2) is 11.0 Å². The van der Waals surface area contributed by atoms with E-state index in [-0.39, 0.29) is 47.5 Å². The van der Waals surface area contributed by atoms with Crippen LogP contribution in [0.4, 0.5) is 0 Å². The molecule has 0 aliphatic heterocycles. The van der Waals surface area contributed by atoms with Crippen LogP contribution in [-0.2, 0) is 21.7 Å². The summed E-state index contributed by atoms with van der Waals surface area (Å²) >= 11 is 0. The summed E-state index contributed by atoms with van der Waals surface area (Å²) in [6, 6.07) is 45.1. The Morgan fingerprint density at radius 3 is 1.33 bits per heavy atom. The fourth-order valence-electron chi connectivity index (χ4n) is 3.15. The van der Waals surface area contributed by atoms with Crippen LogP contribution in [0.25, 0.3) is 21.9 Å². The number of hydrogen-bond acceptors (Lipinski definition) is 0. The molecular formula is C33H34PSiTi. The van der Waals surface area contributed by atoms with Gasteiger partial charge in [0, 0.05) is 11.0 Å². The predicted molar refractivity (Wildman–Crippen MR) is 165 cm³/mol. The van der Waals surface area contributed by atoms with Crippen LogP contribution in [0, 0.1) is 14.9 Å². The summed E-state index contributed by atoms with van der Waals surface area (Å²) in [6.07, 6.45) is 0. The molecule has 0 aliphatic carbocycles. The molecular weight excluding hydrogens is 503 g/mol. The quantitative estimate of drug-likeness (QED) is 0.0935. The molecule has 0 saturated heterocycles. The largest absolute Gasteiger partial charge is 3.00 e. The Morgan fingerprint density at radius 1 is 0.556 bits per heavy atom. The van der Waals surface area contributed by atoms with Gasteiger partial charge in [0.05, 0.1) is 0 Å². The molecule has 0 amide bonds. The van der Waals surface area contributed by atoms with Crippen LogP contribution in [0.3, 0.4) is 0 Å². The van der Waals surface area contributed by atoms with Crippen molar-refractivity contribution in [2.24, 2.45) is 0 Å². The van der Waals surface area contributed by atoms with E-state index in [1.54, 1.807) is 0 Å². The summed E-state index contributed by atoms with van der Waals surface area (Å²) in [5, 5.41) is 3.90. The molecule has 0 spiro atoms. The number of allylic oxidation sites excluding steroid dienone is 2. The van der Waals surface area contributed by atoms with Gasteiger partial charge in [-0.15, -0.1) is 38.9 Å². The van der Waals surface area contributed by atoms with Crippen molar-refractivity contribution in [1.29, 1.82) is 0 Å². The second-order valence-electron chi connectivity index (χ2n) is 7.25. The van der Waals surface area contributed by atoms with Crippen molar-refractivity contribution >= 4 is 47.4 Å². The third-order valence-electron chi connectivity index (χ3n) is 4.96. The van der Waals surface area contributed by atoms with Gasteiger partial charge < -0.3 is 14.9 Å². The number of hydrogen-bond donors (Lipinski definition) is 0. The van der Waals surface area contributed by atoms with E-state index in [2.05, 4.69) is 89.1 Å². The zero-order valence-corrected chi connectivity index (χ0v) is 24.9. The first-order chi connectivity index (χ1) is 15.6. The van der Waals surface area contributed by atoms with Crippen molar-refractivity contribution in [3.05, 3.63) is 173 Å². The Hall–Kier alpha value is -2.67. The third kappa shape index (κ3) is 11.4. The van der Waals surface area contributed by atoms with Crippen molar-refractivity contribution in [2.45, 2.75) is 0 Å². The first kappa shape index (κ1) is 35.5. The van der Waals surface area contributed by atoms with Crippen molar-refractivity contribution in [3.63, 3.8) is 0 Å². The van der Waals surface area contributed by atoms with E-state index in [0.717, 1.165) is 22.3 Å². The minimum absolute atomic E-state index is 0. The third-order valence-corrected chi connectivity index (χ3v) is 5.34. The molecule has 5 aromatic carbocycles. The summed E-state index contributed by atoms with van der Waals surface area (Å²) in [5.74, 6) is 0. The number of rotatable bonds is 3. The van der Waals surface area contributed by atoms with E-state index in [1.807, 2.05) is 66.7 Å². The molecule has 0 bridgehead atoms. The molecule has 3 heteroatoms. The van der Waals surface area contributed by atoms with Gasteiger partial charge in [-0.25, -0.2) is 0 Å². The molecule has 1 unspecified atom stereocenters. The fourth-order valence-corrected chi connectivity index (χ4v) is 3.37. The minimum Gasteiger partial charge on any atom is -0.358 e. The molecule has 0 aliphatic rings. The average Bonchev–Trinajstić information content (AvgIpc) is 3.35. The van der Waals surface area contributed by atoms with E-state index in [1.165, 1.54) is 16.1 Å². The van der Waals surface area contributed by atoms with Crippen molar-refractivity contribution < 1.29 is 21.7 Å². The second-order valence-corrected chi connectivity index (χ2v) is 7.92. The van der Waals surface area contributed by atoms with Crippen LogP contribution in [0.15, 0.2) is 147 Å². The smallest absolute Gasteiger partial charge is 0.358 e. The molecule has 5 radical (unpaired) electrons. The first-order valence-electron chi connectivity index (χ1n) is 10.5. The molecule has 1 atom stereocenters. The number of benzene rings is 4. The first-order valence-corrected chi connectivity index (χ1v) is 11.1. The molecule has 179 valence electrons. The topological polar surface area (TPSA) is 0 Å². The van der Waals surface area contributed by atoms with Gasteiger partial charge in [0.2, 0.25) is 0 Å². The fraction of sp³-hybridized carbons (Fsp3) is 0. The van der Waals surface area contributed by atoms with Gasteiger partial charge in [0.25, 0.3) is 0 Å². The van der Waals surface area contributed by atoms with Gasteiger partial charge in [0.15, 0.2) is 0 Å². The van der Waals surface area contributed by atoms with Crippen LogP contribution < -0.4 is 5.30 Å². The van der Waals surface area contributed by atoms with Crippen LogP contribution >= 0.6 is 9.24 Å². The van der Waals surface area contributed by atoms with Gasteiger partial charge in [-0.05, 0) is 27.6 Å². The molecule has 5 rings (SSSR count). The Kier molecular flexibility index (Phi) is 19.2. The van der Waals surface area contributed by atoms with E-state index in [4.69, 9.17) is 0 Å². The van der Waals surface area contributed by atoms with E-state index in [9.17, 15) is 0 Å². The van der Waals surface area contributed by atoms with Crippen molar-refractivity contribution in [3.8, 4) is 0 Å². The maximum atomic E-state index is 4.10. The summed E-state index contributed by atoms with van der Waals surface area (Å²) in [5.41, 5.74) is 4.20. The SMILES string of the molecule is C=C(C(=C)c1ccccc1)c1ccccc1.Pc1ccccc1.[CH3-].[CH3-].[Si].[Ti+3].c1ccc2[cH-]ccc2c1. The maximum absolute atomic E-state index is 4.10. The van der Waals surface area contributed by atoms with Gasteiger partial charge in [-0.2, -0.15) is 17.5 Å². The Bertz CT molecular complexity index is 1170. The monoisotopic (exact) mass is 537 g/mol. The van der Waals surface area contributed by atoms with E-state index in [0.29, 0.717) is 0 Å². The normalized spacial score (nSPS) is 8.58. The second kappa shape index (κ2) is 19.5. The van der Waals surface area contributed by atoms with Crippen LogP contribution in [0.2, 0.25) is 0 Å². The molecule has 36 heavy (non-hydrogen) atoms. The molecule has 0 nitrogen and oxygen atoms in total. The molecule has 0 fully saturated rings. The maximum Gasteiger partial charge on any atom is 3.00 e. The molecule has 0 N–H and O–H groups in total. The van der Waals surface area contributed by atoms with Crippen LogP contribution in [0.5, 0.6) is 0 Å². The summed E-state index contributed by atoms with van der Waals surface area (Å²) in [4.78, 5) is 0. The van der Waals surface area contributed by atoms with Crippen molar-refractivity contribution in [1.82, 2.24) is 0 Å².